The van der Waals surface area contributed by atoms with E-state index in [-0.39, 0.29) is 0 Å². The van der Waals surface area contributed by atoms with Crippen molar-refractivity contribution < 1.29 is 4.74 Å². The maximum atomic E-state index is 5.47. The Morgan fingerprint density at radius 2 is 1.08 bits per heavy atom. The van der Waals surface area contributed by atoms with E-state index in [9.17, 15) is 0 Å². The van der Waals surface area contributed by atoms with Gasteiger partial charge in [-0.15, -0.1) is 0 Å². The molecule has 0 aliphatic heterocycles. The van der Waals surface area contributed by atoms with E-state index in [0.29, 0.717) is 0 Å². The highest BCUT2D eigenvalue weighted by Gasteiger charge is 2.14. The van der Waals surface area contributed by atoms with E-state index in [4.69, 9.17) is 4.74 Å². The molecule has 0 amide bonds. The molecule has 5 aromatic carbocycles. The summed E-state index contributed by atoms with van der Waals surface area (Å²) in [5, 5.41) is 0. The third-order valence-electron chi connectivity index (χ3n) is 6.84. The van der Waals surface area contributed by atoms with Crippen LogP contribution in [-0.4, -0.2) is 7.11 Å². The predicted octanol–water partition coefficient (Wildman–Crippen LogP) is 9.68. The average molecular weight is 496 g/mol. The Morgan fingerprint density at radius 3 is 1.58 bits per heavy atom. The molecule has 5 rings (SSSR count). The summed E-state index contributed by atoms with van der Waals surface area (Å²) < 4.78 is 5.47. The van der Waals surface area contributed by atoms with Crippen LogP contribution >= 0.6 is 0 Å². The van der Waals surface area contributed by atoms with E-state index in [1.54, 1.807) is 7.11 Å². The summed E-state index contributed by atoms with van der Waals surface area (Å²) in [7, 11) is 1.71. The summed E-state index contributed by atoms with van der Waals surface area (Å²) in [6, 6.07) is 43.2. The highest BCUT2D eigenvalue weighted by Crippen LogP contribution is 2.36. The Labute approximate surface area is 226 Å². The number of hydrogen-bond acceptors (Lipinski definition) is 2. The van der Waals surface area contributed by atoms with Gasteiger partial charge in [-0.3, -0.25) is 0 Å². The first-order valence-corrected chi connectivity index (χ1v) is 13.0. The summed E-state index contributed by atoms with van der Waals surface area (Å²) in [5.74, 6) is 0.903. The largest absolute Gasteiger partial charge is 0.496 e. The van der Waals surface area contributed by atoms with Gasteiger partial charge in [0.05, 0.1) is 7.11 Å². The minimum absolute atomic E-state index is 0.903. The molecule has 0 unspecified atom stereocenters. The lowest BCUT2D eigenvalue weighted by atomic mass is 9.95. The fourth-order valence-corrected chi connectivity index (χ4v) is 4.73. The van der Waals surface area contributed by atoms with Crippen LogP contribution in [0.2, 0.25) is 0 Å². The number of benzene rings is 5. The molecule has 0 spiro atoms. The Morgan fingerprint density at radius 1 is 0.579 bits per heavy atom. The molecule has 0 aliphatic rings. The van der Waals surface area contributed by atoms with Gasteiger partial charge in [0.1, 0.15) is 5.75 Å². The van der Waals surface area contributed by atoms with Gasteiger partial charge in [0.15, 0.2) is 0 Å². The second-order valence-electron chi connectivity index (χ2n) is 9.71. The van der Waals surface area contributed by atoms with Crippen molar-refractivity contribution in [3.05, 3.63) is 155 Å². The number of hydrogen-bond donors (Lipinski definition) is 0. The van der Waals surface area contributed by atoms with Crippen LogP contribution in [-0.2, 0) is 0 Å². The molecular formula is C36H33NO. The quantitative estimate of drug-likeness (QED) is 0.208. The summed E-state index contributed by atoms with van der Waals surface area (Å²) in [5.41, 5.74) is 11.7. The molecule has 0 aliphatic carbocycles. The Bertz CT molecular complexity index is 1490. The zero-order valence-electron chi connectivity index (χ0n) is 22.5. The third kappa shape index (κ3) is 5.55. The van der Waals surface area contributed by atoms with Crippen molar-refractivity contribution >= 4 is 28.7 Å². The monoisotopic (exact) mass is 495 g/mol. The van der Waals surface area contributed by atoms with Crippen LogP contribution in [0.1, 0.15) is 33.4 Å². The summed E-state index contributed by atoms with van der Waals surface area (Å²) >= 11 is 0. The number of methoxy groups -OCH3 is 1. The lowest BCUT2D eigenvalue weighted by Crippen LogP contribution is -2.10. The predicted molar refractivity (Wildman–Crippen MR) is 162 cm³/mol. The zero-order valence-corrected chi connectivity index (χ0v) is 22.5. The number of anilines is 3. The Kier molecular flexibility index (Phi) is 7.42. The third-order valence-corrected chi connectivity index (χ3v) is 6.84. The molecule has 0 bridgehead atoms. The van der Waals surface area contributed by atoms with Crippen LogP contribution < -0.4 is 9.64 Å². The fourth-order valence-electron chi connectivity index (χ4n) is 4.73. The van der Waals surface area contributed by atoms with Crippen molar-refractivity contribution in [1.29, 1.82) is 0 Å². The Balaban J connectivity index is 1.57. The van der Waals surface area contributed by atoms with E-state index in [1.807, 2.05) is 6.07 Å². The van der Waals surface area contributed by atoms with E-state index in [1.165, 1.54) is 27.8 Å². The molecule has 0 radical (unpaired) electrons. The van der Waals surface area contributed by atoms with E-state index in [2.05, 4.69) is 147 Å². The Hall–Kier alpha value is -4.56. The molecule has 0 saturated carbocycles. The number of ether oxygens (including phenoxy) is 1. The van der Waals surface area contributed by atoms with Gasteiger partial charge in [-0.25, -0.2) is 0 Å². The molecule has 188 valence electrons. The lowest BCUT2D eigenvalue weighted by Gasteiger charge is -2.26. The molecule has 5 aromatic rings. The second kappa shape index (κ2) is 11.2. The van der Waals surface area contributed by atoms with E-state index >= 15 is 0 Å². The van der Waals surface area contributed by atoms with Crippen LogP contribution in [0.15, 0.2) is 121 Å². The van der Waals surface area contributed by atoms with Crippen LogP contribution in [0, 0.1) is 20.8 Å². The molecule has 2 nitrogen and oxygen atoms in total. The van der Waals surface area contributed by atoms with Gasteiger partial charge in [0, 0.05) is 17.1 Å². The smallest absolute Gasteiger partial charge is 0.121 e. The molecule has 0 aromatic heterocycles. The molecule has 0 atom stereocenters. The van der Waals surface area contributed by atoms with Crippen molar-refractivity contribution in [1.82, 2.24) is 0 Å². The molecule has 0 heterocycles. The summed E-state index contributed by atoms with van der Waals surface area (Å²) in [6.45, 7) is 6.32. The number of nitrogens with zero attached hydrogens (tertiary/aromatic N) is 1. The molecule has 38 heavy (non-hydrogen) atoms. The fraction of sp³-hybridized carbons (Fsp3) is 0.111. The van der Waals surface area contributed by atoms with Crippen molar-refractivity contribution in [2.45, 2.75) is 20.8 Å². The molecule has 0 fully saturated rings. The second-order valence-corrected chi connectivity index (χ2v) is 9.71. The van der Waals surface area contributed by atoms with Crippen molar-refractivity contribution in [2.75, 3.05) is 12.0 Å². The topological polar surface area (TPSA) is 12.5 Å². The van der Waals surface area contributed by atoms with Gasteiger partial charge in [-0.2, -0.15) is 0 Å². The zero-order chi connectivity index (χ0) is 26.5. The maximum absolute atomic E-state index is 5.47. The van der Waals surface area contributed by atoms with Gasteiger partial charge >= 0.3 is 0 Å². The van der Waals surface area contributed by atoms with Crippen LogP contribution in [0.4, 0.5) is 17.1 Å². The first-order chi connectivity index (χ1) is 18.5. The number of aryl methyl sites for hydroxylation is 3. The maximum Gasteiger partial charge on any atom is 0.121 e. The van der Waals surface area contributed by atoms with E-state index in [0.717, 1.165) is 33.9 Å². The van der Waals surface area contributed by atoms with Crippen molar-refractivity contribution in [2.24, 2.45) is 0 Å². The minimum Gasteiger partial charge on any atom is -0.496 e. The molecule has 0 N–H and O–H groups in total. The van der Waals surface area contributed by atoms with Gasteiger partial charge in [-0.05, 0) is 103 Å². The van der Waals surface area contributed by atoms with E-state index < -0.39 is 0 Å². The normalized spacial score (nSPS) is 11.3. The summed E-state index contributed by atoms with van der Waals surface area (Å²) in [6.07, 6.45) is 2.26. The van der Waals surface area contributed by atoms with Gasteiger partial charge in [0.2, 0.25) is 0 Å². The first-order valence-electron chi connectivity index (χ1n) is 13.0. The minimum atomic E-state index is 0.903. The standard InChI is InChI=1S/C36H33NO/c1-26-10-17-32(18-11-26)37(33-19-12-27(2)13-20-33)34-21-15-31(16-22-34)35(30-8-6-5-7-9-30)25-29-14-23-36(38-4)28(3)24-29/h5-25H,1-4H3/b35-25+. The van der Waals surface area contributed by atoms with Crippen LogP contribution in [0.25, 0.3) is 11.6 Å². The highest BCUT2D eigenvalue weighted by molar-refractivity contribution is 5.92. The SMILES string of the molecule is COc1ccc(/C=C(\c2ccccc2)c2ccc(N(c3ccc(C)cc3)c3ccc(C)cc3)cc2)cc1C. The lowest BCUT2D eigenvalue weighted by molar-refractivity contribution is 0.411. The summed E-state index contributed by atoms with van der Waals surface area (Å²) in [4.78, 5) is 2.31. The molecular weight excluding hydrogens is 462 g/mol. The average Bonchev–Trinajstić information content (AvgIpc) is 2.95. The van der Waals surface area contributed by atoms with Crippen LogP contribution in [0.3, 0.4) is 0 Å². The van der Waals surface area contributed by atoms with Gasteiger partial charge < -0.3 is 9.64 Å². The van der Waals surface area contributed by atoms with Gasteiger partial charge in [-0.1, -0.05) is 83.9 Å². The molecule has 0 saturated heterocycles. The van der Waals surface area contributed by atoms with Crippen molar-refractivity contribution in [3.8, 4) is 5.75 Å². The van der Waals surface area contributed by atoms with Gasteiger partial charge in [0.25, 0.3) is 0 Å². The van der Waals surface area contributed by atoms with Crippen molar-refractivity contribution in [3.63, 3.8) is 0 Å². The van der Waals surface area contributed by atoms with Crippen LogP contribution in [0.5, 0.6) is 5.75 Å². The highest BCUT2D eigenvalue weighted by atomic mass is 16.5. The first kappa shape index (κ1) is 25.1. The molecule has 2 heteroatoms. The number of rotatable bonds is 7.